The van der Waals surface area contributed by atoms with Crippen LogP contribution in [0.4, 0.5) is 0 Å². The molecule has 0 atom stereocenters. The molecule has 0 N–H and O–H groups in total. The van der Waals surface area contributed by atoms with Crippen molar-refractivity contribution in [3.63, 3.8) is 0 Å². The number of pyridine rings is 1. The van der Waals surface area contributed by atoms with Crippen molar-refractivity contribution in [1.29, 1.82) is 0 Å². The van der Waals surface area contributed by atoms with Crippen molar-refractivity contribution < 1.29 is 0 Å². The predicted molar refractivity (Wildman–Crippen MR) is 70.6 cm³/mol. The van der Waals surface area contributed by atoms with Crippen molar-refractivity contribution in [3.05, 3.63) is 69.1 Å². The second-order valence-electron chi connectivity index (χ2n) is 3.95. The van der Waals surface area contributed by atoms with Gasteiger partial charge in [-0.15, -0.1) is 0 Å². The van der Waals surface area contributed by atoms with E-state index in [1.54, 1.807) is 10.6 Å². The van der Waals surface area contributed by atoms with E-state index in [1.165, 1.54) is 0 Å². The summed E-state index contributed by atoms with van der Waals surface area (Å²) in [4.78, 5) is 11.8. The van der Waals surface area contributed by atoms with Crippen LogP contribution in [0.3, 0.4) is 0 Å². The average Bonchev–Trinajstić information content (AvgIpc) is 2.34. The minimum atomic E-state index is 0.0178. The van der Waals surface area contributed by atoms with E-state index >= 15 is 0 Å². The molecule has 3 heteroatoms. The lowest BCUT2D eigenvalue weighted by Crippen LogP contribution is -2.19. The minimum Gasteiger partial charge on any atom is -0.311 e. The van der Waals surface area contributed by atoms with Gasteiger partial charge in [-0.05, 0) is 29.7 Å². The van der Waals surface area contributed by atoms with Crippen LogP contribution >= 0.6 is 11.6 Å². The third kappa shape index (κ3) is 2.77. The second kappa shape index (κ2) is 5.19. The Balaban J connectivity index is 2.31. The fourth-order valence-electron chi connectivity index (χ4n) is 1.71. The number of halogens is 1. The Morgan fingerprint density at radius 2 is 2.00 bits per heavy atom. The molecule has 0 aliphatic carbocycles. The van der Waals surface area contributed by atoms with Crippen LogP contribution in [0.15, 0.2) is 47.4 Å². The molecule has 17 heavy (non-hydrogen) atoms. The lowest BCUT2D eigenvalue weighted by Gasteiger charge is -2.08. The third-order valence-electron chi connectivity index (χ3n) is 2.77. The molecule has 0 radical (unpaired) electrons. The first-order chi connectivity index (χ1) is 8.20. The Hall–Kier alpha value is -1.54. The van der Waals surface area contributed by atoms with E-state index in [9.17, 15) is 4.79 Å². The molecule has 0 amide bonds. The molecule has 0 aliphatic heterocycles. The molecule has 0 bridgehead atoms. The van der Waals surface area contributed by atoms with E-state index < -0.39 is 0 Å². The van der Waals surface area contributed by atoms with Gasteiger partial charge < -0.3 is 4.57 Å². The summed E-state index contributed by atoms with van der Waals surface area (Å²) in [6, 6.07) is 11.2. The molecule has 0 saturated heterocycles. The van der Waals surface area contributed by atoms with E-state index in [-0.39, 0.29) is 5.56 Å². The fraction of sp³-hybridized carbons (Fsp3) is 0.214. The Labute approximate surface area is 105 Å². The average molecular weight is 248 g/mol. The maximum atomic E-state index is 11.8. The molecule has 0 spiro atoms. The maximum absolute atomic E-state index is 11.8. The molecule has 0 aliphatic rings. The number of aryl methyl sites for hydroxylation is 1. The molecule has 0 fully saturated rings. The highest BCUT2D eigenvalue weighted by Crippen LogP contribution is 2.15. The molecule has 1 aromatic carbocycles. The Morgan fingerprint density at radius 1 is 1.24 bits per heavy atom. The molecule has 2 rings (SSSR count). The van der Waals surface area contributed by atoms with Gasteiger partial charge in [-0.2, -0.15) is 0 Å². The Morgan fingerprint density at radius 3 is 2.65 bits per heavy atom. The van der Waals surface area contributed by atoms with Crippen LogP contribution in [0.1, 0.15) is 18.1 Å². The lowest BCUT2D eigenvalue weighted by atomic mass is 10.2. The number of nitrogens with zero attached hydrogens (tertiary/aromatic N) is 1. The smallest absolute Gasteiger partial charge is 0.251 e. The van der Waals surface area contributed by atoms with Crippen LogP contribution in [0.5, 0.6) is 0 Å². The normalized spacial score (nSPS) is 10.5. The topological polar surface area (TPSA) is 22.0 Å². The van der Waals surface area contributed by atoms with E-state index in [4.69, 9.17) is 11.6 Å². The van der Waals surface area contributed by atoms with E-state index in [2.05, 4.69) is 0 Å². The van der Waals surface area contributed by atoms with Crippen LogP contribution in [0, 0.1) is 0 Å². The number of hydrogen-bond acceptors (Lipinski definition) is 1. The van der Waals surface area contributed by atoms with Crippen LogP contribution in [-0.2, 0) is 13.0 Å². The van der Waals surface area contributed by atoms with E-state index in [0.29, 0.717) is 11.6 Å². The van der Waals surface area contributed by atoms with Crippen molar-refractivity contribution in [1.82, 2.24) is 4.57 Å². The van der Waals surface area contributed by atoms with Gasteiger partial charge >= 0.3 is 0 Å². The summed E-state index contributed by atoms with van der Waals surface area (Å²) in [7, 11) is 0. The van der Waals surface area contributed by atoms with Crippen molar-refractivity contribution in [2.45, 2.75) is 19.9 Å². The fourth-order valence-corrected chi connectivity index (χ4v) is 1.90. The highest BCUT2D eigenvalue weighted by molar-refractivity contribution is 6.31. The SMILES string of the molecule is CCc1ccn(Cc2ccccc2Cl)c(=O)c1. The summed E-state index contributed by atoms with van der Waals surface area (Å²) >= 11 is 6.07. The summed E-state index contributed by atoms with van der Waals surface area (Å²) in [6.07, 6.45) is 2.70. The van der Waals surface area contributed by atoms with Crippen LogP contribution < -0.4 is 5.56 Å². The van der Waals surface area contributed by atoms with Crippen LogP contribution in [0.2, 0.25) is 5.02 Å². The summed E-state index contributed by atoms with van der Waals surface area (Å²) in [5.74, 6) is 0. The van der Waals surface area contributed by atoms with Crippen molar-refractivity contribution in [2.75, 3.05) is 0 Å². The van der Waals surface area contributed by atoms with Gasteiger partial charge in [-0.3, -0.25) is 4.79 Å². The Bertz CT molecular complexity index is 574. The minimum absolute atomic E-state index is 0.0178. The van der Waals surface area contributed by atoms with Crippen molar-refractivity contribution >= 4 is 11.6 Å². The van der Waals surface area contributed by atoms with Crippen molar-refractivity contribution in [3.8, 4) is 0 Å². The summed E-state index contributed by atoms with van der Waals surface area (Å²) in [6.45, 7) is 2.55. The Kier molecular flexibility index (Phi) is 3.64. The standard InChI is InChI=1S/C14H14ClNO/c1-2-11-7-8-16(14(17)9-11)10-12-5-3-4-6-13(12)15/h3-9H,2,10H2,1H3. The van der Waals surface area contributed by atoms with Crippen molar-refractivity contribution in [2.24, 2.45) is 0 Å². The molecule has 0 unspecified atom stereocenters. The summed E-state index contributed by atoms with van der Waals surface area (Å²) in [5, 5.41) is 0.693. The second-order valence-corrected chi connectivity index (χ2v) is 4.35. The largest absolute Gasteiger partial charge is 0.311 e. The molecule has 2 aromatic rings. The molecule has 2 nitrogen and oxygen atoms in total. The molecular formula is C14H14ClNO. The van der Waals surface area contributed by atoms with Gasteiger partial charge in [0.2, 0.25) is 0 Å². The molecule has 1 heterocycles. The summed E-state index contributed by atoms with van der Waals surface area (Å²) in [5.41, 5.74) is 2.04. The zero-order chi connectivity index (χ0) is 12.3. The van der Waals surface area contributed by atoms with Crippen LogP contribution in [-0.4, -0.2) is 4.57 Å². The molecular weight excluding hydrogens is 234 g/mol. The quantitative estimate of drug-likeness (QED) is 0.817. The van der Waals surface area contributed by atoms with Gasteiger partial charge in [-0.25, -0.2) is 0 Å². The molecule has 0 saturated carbocycles. The van der Waals surface area contributed by atoms with Crippen LogP contribution in [0.25, 0.3) is 0 Å². The zero-order valence-corrected chi connectivity index (χ0v) is 10.4. The molecule has 88 valence electrons. The highest BCUT2D eigenvalue weighted by Gasteiger charge is 2.02. The van der Waals surface area contributed by atoms with Gasteiger partial charge in [0.05, 0.1) is 6.54 Å². The van der Waals surface area contributed by atoms with E-state index in [0.717, 1.165) is 17.5 Å². The lowest BCUT2D eigenvalue weighted by molar-refractivity contribution is 0.755. The first-order valence-electron chi connectivity index (χ1n) is 5.63. The first kappa shape index (κ1) is 11.9. The van der Waals surface area contributed by atoms with E-state index in [1.807, 2.05) is 43.5 Å². The number of rotatable bonds is 3. The monoisotopic (exact) mass is 247 g/mol. The van der Waals surface area contributed by atoms with Gasteiger partial charge in [0.15, 0.2) is 0 Å². The highest BCUT2D eigenvalue weighted by atomic mass is 35.5. The van der Waals surface area contributed by atoms with Gasteiger partial charge in [0.1, 0.15) is 0 Å². The third-order valence-corrected chi connectivity index (χ3v) is 3.14. The number of benzene rings is 1. The number of aromatic nitrogens is 1. The van der Waals surface area contributed by atoms with Gasteiger partial charge in [0, 0.05) is 17.3 Å². The van der Waals surface area contributed by atoms with Gasteiger partial charge in [0.25, 0.3) is 5.56 Å². The molecule has 1 aromatic heterocycles. The summed E-state index contributed by atoms with van der Waals surface area (Å²) < 4.78 is 1.67. The maximum Gasteiger partial charge on any atom is 0.251 e. The predicted octanol–water partition coefficient (Wildman–Crippen LogP) is 3.11. The number of hydrogen-bond donors (Lipinski definition) is 0. The van der Waals surface area contributed by atoms with Gasteiger partial charge in [-0.1, -0.05) is 36.7 Å². The first-order valence-corrected chi connectivity index (χ1v) is 6.01. The zero-order valence-electron chi connectivity index (χ0n) is 9.69.